The smallest absolute Gasteiger partial charge is 0.188 e. The Morgan fingerprint density at radius 3 is 3.07 bits per heavy atom. The van der Waals surface area contributed by atoms with Gasteiger partial charge >= 0.3 is 0 Å². The fourth-order valence-electron chi connectivity index (χ4n) is 1.04. The zero-order valence-electron chi connectivity index (χ0n) is 8.99. The Bertz CT molecular complexity index is 328. The normalized spacial score (nSPS) is 11.4. The average molecular weight is 223 g/mol. The molecule has 0 saturated heterocycles. The van der Waals surface area contributed by atoms with E-state index in [2.05, 4.69) is 34.4 Å². The van der Waals surface area contributed by atoms with Gasteiger partial charge in [-0.2, -0.15) is 0 Å². The topological polar surface area (TPSA) is 50.4 Å². The van der Waals surface area contributed by atoms with Gasteiger partial charge in [-0.1, -0.05) is 18.2 Å². The monoisotopic (exact) mass is 223 g/mol. The maximum absolute atomic E-state index is 5.66. The molecule has 1 aromatic heterocycles. The Balaban J connectivity index is 2.19. The van der Waals surface area contributed by atoms with Crippen LogP contribution in [0.1, 0.15) is 11.8 Å². The van der Waals surface area contributed by atoms with Crippen LogP contribution in [0.25, 0.3) is 0 Å². The number of nitrogens with two attached hydrogens (primary N) is 1. The lowest BCUT2D eigenvalue weighted by Crippen LogP contribution is -2.33. The Morgan fingerprint density at radius 1 is 1.67 bits per heavy atom. The molecule has 4 heteroatoms. The van der Waals surface area contributed by atoms with Crippen molar-refractivity contribution in [3.05, 3.63) is 34.5 Å². The molecule has 0 aliphatic carbocycles. The minimum atomic E-state index is 0.495. The summed E-state index contributed by atoms with van der Waals surface area (Å²) < 4.78 is 0. The van der Waals surface area contributed by atoms with Gasteiger partial charge in [-0.15, -0.1) is 11.3 Å². The fourth-order valence-corrected chi connectivity index (χ4v) is 1.75. The molecule has 0 bridgehead atoms. The molecule has 1 aromatic rings. The molecular formula is C11H17N3S. The summed E-state index contributed by atoms with van der Waals surface area (Å²) in [5.74, 6) is 0.495. The van der Waals surface area contributed by atoms with E-state index in [0.29, 0.717) is 12.5 Å². The molecule has 0 aromatic carbocycles. The van der Waals surface area contributed by atoms with Crippen molar-refractivity contribution in [3.8, 4) is 0 Å². The molecule has 1 heterocycles. The van der Waals surface area contributed by atoms with Gasteiger partial charge < -0.3 is 11.1 Å². The molecule has 0 aliphatic rings. The zero-order valence-corrected chi connectivity index (χ0v) is 9.81. The van der Waals surface area contributed by atoms with E-state index >= 15 is 0 Å². The lowest BCUT2D eigenvalue weighted by Gasteiger charge is -2.04. The minimum Gasteiger partial charge on any atom is -0.370 e. The molecule has 0 fully saturated rings. The molecule has 0 unspecified atom stereocenters. The van der Waals surface area contributed by atoms with Crippen molar-refractivity contribution >= 4 is 17.3 Å². The number of hydrogen-bond donors (Lipinski definition) is 2. The van der Waals surface area contributed by atoms with Crippen LogP contribution in [0.15, 0.2) is 34.7 Å². The van der Waals surface area contributed by atoms with Crippen molar-refractivity contribution in [2.75, 3.05) is 13.1 Å². The van der Waals surface area contributed by atoms with Gasteiger partial charge in [0, 0.05) is 11.4 Å². The maximum Gasteiger partial charge on any atom is 0.188 e. The van der Waals surface area contributed by atoms with E-state index in [0.717, 1.165) is 18.5 Å². The summed E-state index contributed by atoms with van der Waals surface area (Å²) in [6.07, 6.45) is 0.987. The second-order valence-corrected chi connectivity index (χ2v) is 4.45. The average Bonchev–Trinajstić information content (AvgIpc) is 2.67. The standard InChI is InChI=1S/C11H17N3S/c1-9(2)8-14-11(12)13-6-5-10-4-3-7-15-10/h3-4,7H,1,5-6,8H2,2H3,(H3,12,13,14). The quantitative estimate of drug-likeness (QED) is 0.454. The van der Waals surface area contributed by atoms with E-state index in [-0.39, 0.29) is 0 Å². The van der Waals surface area contributed by atoms with Crippen molar-refractivity contribution in [3.63, 3.8) is 0 Å². The van der Waals surface area contributed by atoms with Gasteiger partial charge in [-0.25, -0.2) is 4.99 Å². The van der Waals surface area contributed by atoms with Crippen LogP contribution in [0.5, 0.6) is 0 Å². The SMILES string of the molecule is C=C(C)CN=C(N)NCCc1cccs1. The highest BCUT2D eigenvalue weighted by Crippen LogP contribution is 2.07. The highest BCUT2D eigenvalue weighted by atomic mass is 32.1. The third-order valence-electron chi connectivity index (χ3n) is 1.78. The first-order chi connectivity index (χ1) is 7.18. The molecule has 0 aliphatic heterocycles. The Hall–Kier alpha value is -1.29. The summed E-state index contributed by atoms with van der Waals surface area (Å²) in [6.45, 7) is 7.11. The number of nitrogens with zero attached hydrogens (tertiary/aromatic N) is 1. The molecule has 82 valence electrons. The van der Waals surface area contributed by atoms with Gasteiger partial charge in [0.1, 0.15) is 0 Å². The summed E-state index contributed by atoms with van der Waals surface area (Å²) in [4.78, 5) is 5.49. The molecule has 15 heavy (non-hydrogen) atoms. The van der Waals surface area contributed by atoms with E-state index in [4.69, 9.17) is 5.73 Å². The molecule has 1 rings (SSSR count). The molecule has 0 saturated carbocycles. The molecule has 0 radical (unpaired) electrons. The van der Waals surface area contributed by atoms with Crippen LogP contribution >= 0.6 is 11.3 Å². The van der Waals surface area contributed by atoms with E-state index in [1.54, 1.807) is 11.3 Å². The summed E-state index contributed by atoms with van der Waals surface area (Å²) in [5, 5.41) is 5.15. The number of nitrogens with one attached hydrogen (secondary N) is 1. The molecule has 0 atom stereocenters. The first-order valence-electron chi connectivity index (χ1n) is 4.89. The Morgan fingerprint density at radius 2 is 2.47 bits per heavy atom. The summed E-state index contributed by atoms with van der Waals surface area (Å²) in [5.41, 5.74) is 6.67. The lowest BCUT2D eigenvalue weighted by molar-refractivity contribution is 0.862. The highest BCUT2D eigenvalue weighted by Gasteiger charge is 1.94. The van der Waals surface area contributed by atoms with Crippen molar-refractivity contribution in [2.24, 2.45) is 10.7 Å². The van der Waals surface area contributed by atoms with Crippen LogP contribution in [0.3, 0.4) is 0 Å². The van der Waals surface area contributed by atoms with Crippen molar-refractivity contribution in [1.82, 2.24) is 5.32 Å². The Kier molecular flexibility index (Phi) is 4.90. The first-order valence-corrected chi connectivity index (χ1v) is 5.77. The number of thiophene rings is 1. The van der Waals surface area contributed by atoms with Gasteiger partial charge in [0.2, 0.25) is 0 Å². The summed E-state index contributed by atoms with van der Waals surface area (Å²) >= 11 is 1.76. The maximum atomic E-state index is 5.66. The third kappa shape index (κ3) is 5.22. The van der Waals surface area contributed by atoms with Crippen molar-refractivity contribution < 1.29 is 0 Å². The Labute approximate surface area is 94.7 Å². The molecule has 3 nitrogen and oxygen atoms in total. The predicted octanol–water partition coefficient (Wildman–Crippen LogP) is 1.77. The summed E-state index contributed by atoms with van der Waals surface area (Å²) in [6, 6.07) is 4.17. The van der Waals surface area contributed by atoms with E-state index in [1.165, 1.54) is 4.88 Å². The number of guanidine groups is 1. The fraction of sp³-hybridized carbons (Fsp3) is 0.364. The van der Waals surface area contributed by atoms with Crippen LogP contribution in [0.4, 0.5) is 0 Å². The molecule has 0 spiro atoms. The van der Waals surface area contributed by atoms with Gasteiger partial charge in [0.25, 0.3) is 0 Å². The predicted molar refractivity (Wildman–Crippen MR) is 67.3 cm³/mol. The van der Waals surface area contributed by atoms with Crippen LogP contribution in [-0.4, -0.2) is 19.0 Å². The van der Waals surface area contributed by atoms with Crippen molar-refractivity contribution in [2.45, 2.75) is 13.3 Å². The van der Waals surface area contributed by atoms with Crippen LogP contribution in [0.2, 0.25) is 0 Å². The van der Waals surface area contributed by atoms with E-state index in [1.807, 2.05) is 6.92 Å². The van der Waals surface area contributed by atoms with Gasteiger partial charge in [-0.3, -0.25) is 0 Å². The third-order valence-corrected chi connectivity index (χ3v) is 2.71. The largest absolute Gasteiger partial charge is 0.370 e. The van der Waals surface area contributed by atoms with Gasteiger partial charge in [-0.05, 0) is 24.8 Å². The van der Waals surface area contributed by atoms with Gasteiger partial charge in [0.05, 0.1) is 6.54 Å². The molecule has 3 N–H and O–H groups in total. The number of hydrogen-bond acceptors (Lipinski definition) is 2. The number of rotatable bonds is 5. The van der Waals surface area contributed by atoms with Crippen molar-refractivity contribution in [1.29, 1.82) is 0 Å². The number of aliphatic imine (C=N–C) groups is 1. The van der Waals surface area contributed by atoms with Crippen LogP contribution in [-0.2, 0) is 6.42 Å². The highest BCUT2D eigenvalue weighted by molar-refractivity contribution is 7.09. The molecular weight excluding hydrogens is 206 g/mol. The minimum absolute atomic E-state index is 0.495. The van der Waals surface area contributed by atoms with Gasteiger partial charge in [0.15, 0.2) is 5.96 Å². The van der Waals surface area contributed by atoms with E-state index < -0.39 is 0 Å². The second kappa shape index (κ2) is 6.24. The second-order valence-electron chi connectivity index (χ2n) is 3.41. The molecule has 0 amide bonds. The van der Waals surface area contributed by atoms with E-state index in [9.17, 15) is 0 Å². The summed E-state index contributed by atoms with van der Waals surface area (Å²) in [7, 11) is 0. The first kappa shape index (κ1) is 11.8. The lowest BCUT2D eigenvalue weighted by atomic mass is 10.3. The zero-order chi connectivity index (χ0) is 11.1. The van der Waals surface area contributed by atoms with Crippen LogP contribution < -0.4 is 11.1 Å². The van der Waals surface area contributed by atoms with Crippen LogP contribution in [0, 0.1) is 0 Å².